The molecule has 1 aromatic rings. The molecule has 21 heavy (non-hydrogen) atoms. The number of rotatable bonds is 4. The molecule has 2 atom stereocenters. The zero-order chi connectivity index (χ0) is 15.4. The Morgan fingerprint density at radius 3 is 2.90 bits per heavy atom. The number of carbonyl (C=O) groups is 2. The van der Waals surface area contributed by atoms with E-state index >= 15 is 0 Å². The van der Waals surface area contributed by atoms with Crippen molar-refractivity contribution in [2.24, 2.45) is 0 Å². The SMILES string of the molecule is C[C@@H](NC(=O)C[NH+]1CCNC(=O)C1)c1ccc(F)cc1F. The second-order valence-electron chi connectivity index (χ2n) is 5.16. The smallest absolute Gasteiger partial charge is 0.275 e. The van der Waals surface area contributed by atoms with E-state index in [0.717, 1.165) is 17.0 Å². The first-order valence-electron chi connectivity index (χ1n) is 6.80. The Morgan fingerprint density at radius 2 is 2.24 bits per heavy atom. The quantitative estimate of drug-likeness (QED) is 0.678. The van der Waals surface area contributed by atoms with E-state index in [1.807, 2.05) is 0 Å². The molecule has 0 aliphatic carbocycles. The highest BCUT2D eigenvalue weighted by Gasteiger charge is 2.23. The van der Waals surface area contributed by atoms with Crippen molar-refractivity contribution in [2.45, 2.75) is 13.0 Å². The molecule has 0 aromatic heterocycles. The van der Waals surface area contributed by atoms with E-state index in [4.69, 9.17) is 0 Å². The van der Waals surface area contributed by atoms with Gasteiger partial charge in [-0.05, 0) is 13.0 Å². The molecule has 1 saturated heterocycles. The summed E-state index contributed by atoms with van der Waals surface area (Å²) in [5, 5.41) is 5.35. The molecule has 1 aliphatic rings. The van der Waals surface area contributed by atoms with E-state index in [1.165, 1.54) is 6.07 Å². The van der Waals surface area contributed by atoms with E-state index in [0.29, 0.717) is 13.1 Å². The van der Waals surface area contributed by atoms with Crippen LogP contribution < -0.4 is 15.5 Å². The topological polar surface area (TPSA) is 62.6 Å². The number of nitrogens with one attached hydrogen (secondary N) is 3. The lowest BCUT2D eigenvalue weighted by atomic mass is 10.1. The van der Waals surface area contributed by atoms with E-state index < -0.39 is 17.7 Å². The first-order chi connectivity index (χ1) is 9.95. The lowest BCUT2D eigenvalue weighted by Gasteiger charge is -2.24. The maximum Gasteiger partial charge on any atom is 0.275 e. The summed E-state index contributed by atoms with van der Waals surface area (Å²) in [5.41, 5.74) is 0.233. The molecule has 0 spiro atoms. The first kappa shape index (κ1) is 15.4. The summed E-state index contributed by atoms with van der Waals surface area (Å²) in [5.74, 6) is -1.69. The molecular formula is C14H18F2N3O2+. The van der Waals surface area contributed by atoms with Gasteiger partial charge in [-0.25, -0.2) is 8.78 Å². The van der Waals surface area contributed by atoms with Gasteiger partial charge in [-0.1, -0.05) is 6.07 Å². The van der Waals surface area contributed by atoms with Crippen LogP contribution >= 0.6 is 0 Å². The van der Waals surface area contributed by atoms with Gasteiger partial charge in [-0.2, -0.15) is 0 Å². The second kappa shape index (κ2) is 6.62. The van der Waals surface area contributed by atoms with Gasteiger partial charge in [0.25, 0.3) is 11.8 Å². The van der Waals surface area contributed by atoms with Crippen molar-refractivity contribution in [1.29, 1.82) is 0 Å². The lowest BCUT2D eigenvalue weighted by Crippen LogP contribution is -3.16. The minimum atomic E-state index is -0.688. The zero-order valence-electron chi connectivity index (χ0n) is 11.7. The fourth-order valence-electron chi connectivity index (χ4n) is 2.36. The molecule has 1 heterocycles. The van der Waals surface area contributed by atoms with Crippen LogP contribution in [0.5, 0.6) is 0 Å². The Bertz CT molecular complexity index is 551. The van der Waals surface area contributed by atoms with E-state index in [1.54, 1.807) is 6.92 Å². The standard InChI is InChI=1S/C14H17F2N3O2/c1-9(11-3-2-10(15)6-12(11)16)18-14(21)8-19-5-4-17-13(20)7-19/h2-3,6,9H,4-5,7-8H2,1H3,(H,17,20)(H,18,21)/p+1/t9-/m1/s1. The molecule has 1 fully saturated rings. The van der Waals surface area contributed by atoms with E-state index in [9.17, 15) is 18.4 Å². The highest BCUT2D eigenvalue weighted by Crippen LogP contribution is 2.17. The van der Waals surface area contributed by atoms with Crippen molar-refractivity contribution in [3.05, 3.63) is 35.4 Å². The van der Waals surface area contributed by atoms with Crippen molar-refractivity contribution in [1.82, 2.24) is 10.6 Å². The van der Waals surface area contributed by atoms with Crippen molar-refractivity contribution in [3.63, 3.8) is 0 Å². The summed E-state index contributed by atoms with van der Waals surface area (Å²) in [4.78, 5) is 24.0. The highest BCUT2D eigenvalue weighted by molar-refractivity contribution is 5.79. The first-order valence-corrected chi connectivity index (χ1v) is 6.80. The Hall–Kier alpha value is -2.02. The van der Waals surface area contributed by atoms with Crippen molar-refractivity contribution in [3.8, 4) is 0 Å². The second-order valence-corrected chi connectivity index (χ2v) is 5.16. The highest BCUT2D eigenvalue weighted by atomic mass is 19.1. The Morgan fingerprint density at radius 1 is 1.48 bits per heavy atom. The van der Waals surface area contributed by atoms with Crippen LogP contribution in [0.25, 0.3) is 0 Å². The Labute approximate surface area is 121 Å². The van der Waals surface area contributed by atoms with Gasteiger partial charge in [0.05, 0.1) is 19.1 Å². The van der Waals surface area contributed by atoms with Crippen molar-refractivity contribution < 1.29 is 23.3 Å². The van der Waals surface area contributed by atoms with Crippen molar-refractivity contribution >= 4 is 11.8 Å². The van der Waals surface area contributed by atoms with E-state index in [-0.39, 0.29) is 30.5 Å². The number of quaternary nitrogens is 1. The van der Waals surface area contributed by atoms with Crippen LogP contribution in [0.2, 0.25) is 0 Å². The maximum atomic E-state index is 13.6. The van der Waals surface area contributed by atoms with Crippen LogP contribution in [0.1, 0.15) is 18.5 Å². The third-order valence-electron chi connectivity index (χ3n) is 3.43. The van der Waals surface area contributed by atoms with Crippen LogP contribution in [0, 0.1) is 11.6 Å². The fraction of sp³-hybridized carbons (Fsp3) is 0.429. The molecule has 5 nitrogen and oxygen atoms in total. The van der Waals surface area contributed by atoms with Gasteiger partial charge < -0.3 is 15.5 Å². The van der Waals surface area contributed by atoms with Gasteiger partial charge in [0.1, 0.15) is 11.6 Å². The summed E-state index contributed by atoms with van der Waals surface area (Å²) >= 11 is 0. The third-order valence-corrected chi connectivity index (χ3v) is 3.43. The van der Waals surface area contributed by atoms with Gasteiger partial charge in [0, 0.05) is 11.6 Å². The molecular weight excluding hydrogens is 280 g/mol. The number of benzene rings is 1. The number of amides is 2. The Kier molecular flexibility index (Phi) is 4.85. The van der Waals surface area contributed by atoms with Crippen molar-refractivity contribution in [2.75, 3.05) is 26.2 Å². The predicted octanol–water partition coefficient (Wildman–Crippen LogP) is -0.843. The van der Waals surface area contributed by atoms with Gasteiger partial charge in [-0.15, -0.1) is 0 Å². The normalized spacial score (nSPS) is 19.8. The number of hydrogen-bond acceptors (Lipinski definition) is 2. The molecule has 0 radical (unpaired) electrons. The monoisotopic (exact) mass is 298 g/mol. The van der Waals surface area contributed by atoms with Crippen LogP contribution in [0.3, 0.4) is 0 Å². The zero-order valence-corrected chi connectivity index (χ0v) is 11.7. The largest absolute Gasteiger partial charge is 0.346 e. The molecule has 2 amide bonds. The molecule has 2 rings (SSSR count). The van der Waals surface area contributed by atoms with Gasteiger partial charge in [0.15, 0.2) is 13.1 Å². The third kappa shape index (κ3) is 4.22. The molecule has 1 unspecified atom stereocenters. The predicted molar refractivity (Wildman–Crippen MR) is 71.5 cm³/mol. The van der Waals surface area contributed by atoms with E-state index in [2.05, 4.69) is 10.6 Å². The Balaban J connectivity index is 1.91. The molecule has 7 heteroatoms. The van der Waals surface area contributed by atoms with Gasteiger partial charge in [0.2, 0.25) is 0 Å². The number of hydrogen-bond donors (Lipinski definition) is 3. The lowest BCUT2D eigenvalue weighted by molar-refractivity contribution is -0.885. The number of carbonyl (C=O) groups excluding carboxylic acids is 2. The summed E-state index contributed by atoms with van der Waals surface area (Å²) in [6, 6.07) is 2.70. The summed E-state index contributed by atoms with van der Waals surface area (Å²) < 4.78 is 26.5. The summed E-state index contributed by atoms with van der Waals surface area (Å²) in [6.45, 7) is 3.27. The average molecular weight is 298 g/mol. The molecule has 1 aromatic carbocycles. The fourth-order valence-corrected chi connectivity index (χ4v) is 2.36. The molecule has 0 bridgehead atoms. The van der Waals surface area contributed by atoms with Crippen LogP contribution in [0.4, 0.5) is 8.78 Å². The number of halogens is 2. The van der Waals surface area contributed by atoms with Crippen LogP contribution in [-0.4, -0.2) is 38.0 Å². The van der Waals surface area contributed by atoms with Crippen LogP contribution in [-0.2, 0) is 9.59 Å². The molecule has 0 saturated carbocycles. The minimum Gasteiger partial charge on any atom is -0.346 e. The van der Waals surface area contributed by atoms with Gasteiger partial charge >= 0.3 is 0 Å². The molecule has 114 valence electrons. The van der Waals surface area contributed by atoms with Gasteiger partial charge in [-0.3, -0.25) is 9.59 Å². The molecule has 3 N–H and O–H groups in total. The average Bonchev–Trinajstić information content (AvgIpc) is 2.38. The number of piperazine rings is 1. The van der Waals surface area contributed by atoms with Crippen LogP contribution in [0.15, 0.2) is 18.2 Å². The maximum absolute atomic E-state index is 13.6. The molecule has 1 aliphatic heterocycles. The summed E-state index contributed by atoms with van der Waals surface area (Å²) in [6.07, 6.45) is 0. The minimum absolute atomic E-state index is 0.0818. The summed E-state index contributed by atoms with van der Waals surface area (Å²) in [7, 11) is 0.